The Morgan fingerprint density at radius 3 is 2.62 bits per heavy atom. The first kappa shape index (κ1) is 37.4. The van der Waals surface area contributed by atoms with Crippen LogP contribution in [0.5, 0.6) is 5.75 Å². The number of hydrogen-bond acceptors (Lipinski definition) is 5. The zero-order chi connectivity index (χ0) is 33.2. The molecular formula is C37H55N4O4+. The van der Waals surface area contributed by atoms with E-state index in [-0.39, 0.29) is 12.0 Å². The molecule has 1 fully saturated rings. The van der Waals surface area contributed by atoms with Gasteiger partial charge >= 0.3 is 5.97 Å². The number of carbonyl (C=O) groups excluding carboxylic acids is 1. The highest BCUT2D eigenvalue weighted by atomic mass is 16.5. The number of allylic oxidation sites excluding steroid dienone is 3. The fourth-order valence-corrected chi connectivity index (χ4v) is 5.62. The van der Waals surface area contributed by atoms with E-state index in [1.165, 1.54) is 21.6 Å². The third-order valence-corrected chi connectivity index (χ3v) is 7.67. The average Bonchev–Trinajstić information content (AvgIpc) is 3.61. The number of aliphatic imine (C=N–C) groups is 1. The van der Waals surface area contributed by atoms with E-state index in [1.54, 1.807) is 6.21 Å². The van der Waals surface area contributed by atoms with Gasteiger partial charge in [0.15, 0.2) is 0 Å². The highest BCUT2D eigenvalue weighted by Gasteiger charge is 2.46. The molecule has 8 nitrogen and oxygen atoms in total. The molecule has 246 valence electrons. The van der Waals surface area contributed by atoms with Gasteiger partial charge in [-0.3, -0.25) is 19.5 Å². The molecule has 3 N–H and O–H groups in total. The molecule has 1 unspecified atom stereocenters. The summed E-state index contributed by atoms with van der Waals surface area (Å²) in [6, 6.07) is 14.6. The van der Waals surface area contributed by atoms with Gasteiger partial charge in [-0.05, 0) is 61.9 Å². The summed E-state index contributed by atoms with van der Waals surface area (Å²) < 4.78 is 5.67. The normalized spacial score (nSPS) is 19.0. The second kappa shape index (κ2) is 20.3. The zero-order valence-corrected chi connectivity index (χ0v) is 28.2. The molecule has 4 rings (SSSR count). The van der Waals surface area contributed by atoms with Crippen LogP contribution in [0.3, 0.4) is 0 Å². The molecule has 2 aliphatic heterocycles. The summed E-state index contributed by atoms with van der Waals surface area (Å²) in [5, 5.41) is 12.9. The number of amides is 1. The largest absolute Gasteiger partial charge is 0.493 e. The van der Waals surface area contributed by atoms with Gasteiger partial charge in [0.2, 0.25) is 6.41 Å². The molecule has 0 radical (unpaired) electrons. The van der Waals surface area contributed by atoms with E-state index in [1.807, 2.05) is 25.1 Å². The van der Waals surface area contributed by atoms with Crippen LogP contribution in [0.1, 0.15) is 67.7 Å². The summed E-state index contributed by atoms with van der Waals surface area (Å²) in [6.45, 7) is 13.2. The minimum absolute atomic E-state index is 0.0713. The molecule has 2 heterocycles. The molecule has 2 aliphatic rings. The maximum atomic E-state index is 12.6. The van der Waals surface area contributed by atoms with Gasteiger partial charge in [0.1, 0.15) is 5.75 Å². The second-order valence-corrected chi connectivity index (χ2v) is 12.3. The first-order valence-electron chi connectivity index (χ1n) is 16.2. The first-order valence-corrected chi connectivity index (χ1v) is 16.2. The Balaban J connectivity index is 0.000000551. The zero-order valence-electron chi connectivity index (χ0n) is 28.2. The number of aryl methyl sites for hydroxylation is 1. The predicted octanol–water partition coefficient (Wildman–Crippen LogP) is 4.83. The van der Waals surface area contributed by atoms with Crippen molar-refractivity contribution in [1.82, 2.24) is 10.2 Å². The highest BCUT2D eigenvalue weighted by molar-refractivity contribution is 5.73. The minimum Gasteiger partial charge on any atom is -0.493 e. The van der Waals surface area contributed by atoms with Crippen LogP contribution in [0.15, 0.2) is 71.9 Å². The van der Waals surface area contributed by atoms with Crippen molar-refractivity contribution >= 4 is 18.6 Å². The van der Waals surface area contributed by atoms with Crippen LogP contribution in [0.2, 0.25) is 0 Å². The molecule has 0 spiro atoms. The quantitative estimate of drug-likeness (QED) is 0.170. The number of hydrogen-bond donors (Lipinski definition) is 3. The van der Waals surface area contributed by atoms with Crippen LogP contribution in [0.4, 0.5) is 0 Å². The lowest BCUT2D eigenvalue weighted by atomic mass is 9.83. The number of rotatable bonds is 13. The van der Waals surface area contributed by atoms with Crippen LogP contribution in [-0.4, -0.2) is 75.5 Å². The Bertz CT molecular complexity index is 1270. The standard InChI is InChI=1S/C29H34N2O3.C5H11NO.C3H9N/c1-4-5-14-30-21(3)9-11-26-28(29(32)33)25(23-10-12-27-24(17-23)13-15-34-27)19-31(26)18-22-8-6-7-20(2)16-22;1-2-3-4-6-5-7;1-4(2)3/h4-8,10,12,14,16-17,25-26,28H,3,9,11,13,15,18-19H2,1-2H3,(H,32,33);5H,2-4H2,1H3,(H,6,7);1-3H3/p+1/b5-4-,30-14?;;/t25?,26-,28+;;/m0../s1. The van der Waals surface area contributed by atoms with Gasteiger partial charge in [0, 0.05) is 49.9 Å². The van der Waals surface area contributed by atoms with Crippen LogP contribution in [-0.2, 0) is 22.6 Å². The smallest absolute Gasteiger partial charge is 0.308 e. The lowest BCUT2D eigenvalue weighted by molar-refractivity contribution is -0.836. The van der Waals surface area contributed by atoms with Crippen molar-refractivity contribution in [2.24, 2.45) is 10.9 Å². The number of nitrogens with one attached hydrogen (secondary N) is 2. The van der Waals surface area contributed by atoms with Gasteiger partial charge < -0.3 is 20.1 Å². The van der Waals surface area contributed by atoms with Gasteiger partial charge in [-0.15, -0.1) is 0 Å². The van der Waals surface area contributed by atoms with Gasteiger partial charge in [0.25, 0.3) is 0 Å². The number of fused-ring (bicyclic) bond motifs is 1. The third kappa shape index (κ3) is 13.0. The Labute approximate surface area is 270 Å². The molecule has 0 aromatic heterocycles. The van der Waals surface area contributed by atoms with E-state index in [2.05, 4.69) is 93.2 Å². The van der Waals surface area contributed by atoms with E-state index in [0.717, 1.165) is 55.8 Å². The number of aliphatic carboxylic acids is 1. The summed E-state index contributed by atoms with van der Waals surface area (Å²) in [5.74, 6) is -0.367. The molecule has 2 aromatic carbocycles. The fourth-order valence-electron chi connectivity index (χ4n) is 5.62. The highest BCUT2D eigenvalue weighted by Crippen LogP contribution is 2.42. The third-order valence-electron chi connectivity index (χ3n) is 7.67. The molecular weight excluding hydrogens is 564 g/mol. The molecule has 1 amide bonds. The van der Waals surface area contributed by atoms with Crippen LogP contribution < -0.4 is 15.0 Å². The monoisotopic (exact) mass is 619 g/mol. The number of carboxylic acids is 1. The fraction of sp³-hybridized carbons (Fsp3) is 0.486. The molecule has 2 aromatic rings. The van der Waals surface area contributed by atoms with Gasteiger partial charge in [-0.1, -0.05) is 68.0 Å². The van der Waals surface area contributed by atoms with Crippen molar-refractivity contribution in [3.05, 3.63) is 89.1 Å². The van der Waals surface area contributed by atoms with Crippen molar-refractivity contribution in [2.45, 2.75) is 71.4 Å². The van der Waals surface area contributed by atoms with Gasteiger partial charge in [0.05, 0.1) is 33.7 Å². The van der Waals surface area contributed by atoms with Gasteiger partial charge in [-0.25, -0.2) is 0 Å². The summed E-state index contributed by atoms with van der Waals surface area (Å²) in [4.78, 5) is 30.4. The number of carboxylic acid groups (broad SMARTS) is 1. The average molecular weight is 620 g/mol. The summed E-state index contributed by atoms with van der Waals surface area (Å²) in [5.41, 5.74) is 5.48. The molecule has 8 heteroatoms. The molecule has 1 saturated heterocycles. The number of quaternary nitrogens is 1. The Morgan fingerprint density at radius 1 is 1.22 bits per heavy atom. The van der Waals surface area contributed by atoms with Crippen LogP contribution >= 0.6 is 0 Å². The molecule has 45 heavy (non-hydrogen) atoms. The number of benzene rings is 2. The van der Waals surface area contributed by atoms with Gasteiger partial charge in [-0.2, -0.15) is 0 Å². The first-order chi connectivity index (χ1) is 21.6. The Hall–Kier alpha value is -3.75. The maximum absolute atomic E-state index is 12.6. The predicted molar refractivity (Wildman–Crippen MR) is 184 cm³/mol. The molecule has 3 atom stereocenters. The second-order valence-electron chi connectivity index (χ2n) is 12.3. The van der Waals surface area contributed by atoms with Crippen molar-refractivity contribution in [2.75, 3.05) is 40.8 Å². The summed E-state index contributed by atoms with van der Waals surface area (Å²) >= 11 is 0. The van der Waals surface area contributed by atoms with E-state index >= 15 is 0 Å². The number of carbonyl (C=O) groups is 2. The maximum Gasteiger partial charge on any atom is 0.308 e. The number of ether oxygens (including phenoxy) is 1. The molecule has 0 bridgehead atoms. The lowest BCUT2D eigenvalue weighted by Crippen LogP contribution is -3.02. The van der Waals surface area contributed by atoms with E-state index in [4.69, 9.17) is 4.74 Å². The van der Waals surface area contributed by atoms with Crippen molar-refractivity contribution in [3.8, 4) is 5.75 Å². The number of unbranched alkanes of at least 4 members (excludes halogenated alkanes) is 1. The molecule has 0 aliphatic carbocycles. The van der Waals surface area contributed by atoms with Crippen LogP contribution in [0.25, 0.3) is 0 Å². The van der Waals surface area contributed by atoms with Crippen molar-refractivity contribution in [1.29, 1.82) is 0 Å². The number of likely N-dealkylation sites (tertiary alicyclic amines) is 1. The Kier molecular flexibility index (Phi) is 16.9. The van der Waals surface area contributed by atoms with E-state index in [0.29, 0.717) is 26.0 Å². The van der Waals surface area contributed by atoms with E-state index in [9.17, 15) is 14.7 Å². The van der Waals surface area contributed by atoms with Crippen molar-refractivity contribution in [3.63, 3.8) is 0 Å². The summed E-state index contributed by atoms with van der Waals surface area (Å²) in [6.07, 6.45) is 10.7. The molecule has 0 saturated carbocycles. The minimum atomic E-state index is -0.735. The summed E-state index contributed by atoms with van der Waals surface area (Å²) in [7, 11) is 6.25. The Morgan fingerprint density at radius 2 is 1.98 bits per heavy atom. The van der Waals surface area contributed by atoms with E-state index < -0.39 is 11.9 Å². The SMILES string of the molecule is C=C(CC[C@H]1[C@H](C(=O)O)C(c2ccc3c(c2)CCO3)CN1Cc1cccc(C)c1)N=C/C=C\C.CCCCNC=O.C[NH+](C)C. The number of nitrogens with zero attached hydrogens (tertiary/aromatic N) is 2. The lowest BCUT2D eigenvalue weighted by Gasteiger charge is -2.27. The van der Waals surface area contributed by atoms with Crippen LogP contribution in [0, 0.1) is 12.8 Å². The topological polar surface area (TPSA) is 95.7 Å². The van der Waals surface area contributed by atoms with Crippen molar-refractivity contribution < 1.29 is 24.3 Å².